The fourth-order valence-corrected chi connectivity index (χ4v) is 4.77. The molecular weight excluding hydrogens is 355 g/mol. The summed E-state index contributed by atoms with van der Waals surface area (Å²) in [6.45, 7) is -0.196. The van der Waals surface area contributed by atoms with Crippen molar-refractivity contribution in [3.05, 3.63) is 59.9 Å². The predicted octanol–water partition coefficient (Wildman–Crippen LogP) is 3.86. The molecule has 1 heterocycles. The van der Waals surface area contributed by atoms with Crippen molar-refractivity contribution >= 4 is 5.91 Å². The molecule has 1 aliphatic carbocycles. The van der Waals surface area contributed by atoms with E-state index in [1.165, 1.54) is 12.1 Å². The van der Waals surface area contributed by atoms with Crippen molar-refractivity contribution < 1.29 is 14.3 Å². The summed E-state index contributed by atoms with van der Waals surface area (Å²) in [5, 5.41) is 19.8. The molecule has 2 fully saturated rings. The summed E-state index contributed by atoms with van der Waals surface area (Å²) in [6, 6.07) is 15.2. The minimum Gasteiger partial charge on any atom is -0.394 e. The first-order valence-electron chi connectivity index (χ1n) is 9.83. The Bertz CT molecular complexity index is 917. The third-order valence-corrected chi connectivity index (χ3v) is 6.15. The Labute approximate surface area is 164 Å². The van der Waals surface area contributed by atoms with Gasteiger partial charge in [-0.05, 0) is 41.7 Å². The van der Waals surface area contributed by atoms with Crippen LogP contribution in [0.2, 0.25) is 0 Å². The van der Waals surface area contributed by atoms with E-state index in [0.29, 0.717) is 0 Å². The third kappa shape index (κ3) is 3.08. The number of carbonyl (C=O) groups is 1. The van der Waals surface area contributed by atoms with Gasteiger partial charge in [-0.1, -0.05) is 49.2 Å². The molecule has 28 heavy (non-hydrogen) atoms. The van der Waals surface area contributed by atoms with Gasteiger partial charge in [0.2, 0.25) is 5.91 Å². The summed E-state index contributed by atoms with van der Waals surface area (Å²) in [4.78, 5) is 14.5. The van der Waals surface area contributed by atoms with Gasteiger partial charge in [-0.3, -0.25) is 4.79 Å². The number of hydrogen-bond acceptors (Lipinski definition) is 3. The molecule has 4 rings (SSSR count). The first-order chi connectivity index (χ1) is 13.7. The van der Waals surface area contributed by atoms with Gasteiger partial charge in [-0.15, -0.1) is 0 Å². The maximum absolute atomic E-state index is 13.8. The molecule has 144 valence electrons. The first-order valence-corrected chi connectivity index (χ1v) is 9.83. The van der Waals surface area contributed by atoms with Gasteiger partial charge in [0.05, 0.1) is 18.7 Å². The number of benzene rings is 2. The predicted molar refractivity (Wildman–Crippen MR) is 104 cm³/mol. The molecule has 2 aliphatic rings. The topological polar surface area (TPSA) is 64.3 Å². The van der Waals surface area contributed by atoms with Crippen molar-refractivity contribution in [2.75, 3.05) is 6.61 Å². The van der Waals surface area contributed by atoms with Crippen molar-refractivity contribution in [1.29, 1.82) is 5.26 Å². The van der Waals surface area contributed by atoms with Gasteiger partial charge in [-0.2, -0.15) is 5.26 Å². The Morgan fingerprint density at radius 2 is 1.93 bits per heavy atom. The molecule has 1 saturated carbocycles. The SMILES string of the molecule is N#C[C@H]1[C@@H](c2ccccc2-c2cccc(F)c2)[C@H](CO)N1C(=O)C1CCCC1. The number of nitriles is 1. The van der Waals surface area contributed by atoms with Crippen LogP contribution < -0.4 is 0 Å². The quantitative estimate of drug-likeness (QED) is 0.879. The molecule has 5 heteroatoms. The highest BCUT2D eigenvalue weighted by Crippen LogP contribution is 2.45. The molecule has 1 N–H and O–H groups in total. The van der Waals surface area contributed by atoms with Gasteiger partial charge in [0.15, 0.2) is 0 Å². The van der Waals surface area contributed by atoms with Crippen molar-refractivity contribution in [3.63, 3.8) is 0 Å². The van der Waals surface area contributed by atoms with E-state index in [-0.39, 0.29) is 30.2 Å². The number of hydrogen-bond donors (Lipinski definition) is 1. The molecule has 4 nitrogen and oxygen atoms in total. The highest BCUT2D eigenvalue weighted by molar-refractivity contribution is 5.82. The lowest BCUT2D eigenvalue weighted by atomic mass is 9.73. The molecule has 0 radical (unpaired) electrons. The Kier molecular flexibility index (Phi) is 5.15. The average molecular weight is 378 g/mol. The van der Waals surface area contributed by atoms with Crippen molar-refractivity contribution in [2.45, 2.75) is 43.7 Å². The van der Waals surface area contributed by atoms with Gasteiger partial charge >= 0.3 is 0 Å². The van der Waals surface area contributed by atoms with Crippen LogP contribution in [-0.2, 0) is 4.79 Å². The van der Waals surface area contributed by atoms with Crippen LogP contribution in [0, 0.1) is 23.1 Å². The lowest BCUT2D eigenvalue weighted by Gasteiger charge is -2.52. The number of likely N-dealkylation sites (tertiary alicyclic amines) is 1. The van der Waals surface area contributed by atoms with Gasteiger partial charge < -0.3 is 10.0 Å². The van der Waals surface area contributed by atoms with Gasteiger partial charge in [0.1, 0.15) is 11.9 Å². The summed E-state index contributed by atoms with van der Waals surface area (Å²) in [5.41, 5.74) is 2.43. The largest absolute Gasteiger partial charge is 0.394 e. The fourth-order valence-electron chi connectivity index (χ4n) is 4.77. The van der Waals surface area contributed by atoms with Crippen LogP contribution in [0.4, 0.5) is 4.39 Å². The highest BCUT2D eigenvalue weighted by atomic mass is 19.1. The summed E-state index contributed by atoms with van der Waals surface area (Å²) < 4.78 is 13.8. The zero-order valence-corrected chi connectivity index (χ0v) is 15.6. The number of rotatable bonds is 4. The number of carbonyl (C=O) groups excluding carboxylic acids is 1. The summed E-state index contributed by atoms with van der Waals surface area (Å²) in [5.74, 6) is -0.666. The van der Waals surface area contributed by atoms with Crippen molar-refractivity contribution in [3.8, 4) is 17.2 Å². The molecule has 1 aliphatic heterocycles. The molecule has 0 spiro atoms. The number of halogens is 1. The van der Waals surface area contributed by atoms with E-state index < -0.39 is 12.1 Å². The molecule has 2 aromatic carbocycles. The smallest absolute Gasteiger partial charge is 0.227 e. The molecule has 0 aromatic heterocycles. The standard InChI is InChI=1S/C23H23FN2O2/c24-17-9-5-8-16(12-17)18-10-3-4-11-19(18)22-20(13-25)26(21(22)14-27)23(28)15-6-1-2-7-15/h3-5,8-12,15,20-22,27H,1-2,6-7,14H2/t20-,21-,22+/m0/s1. The van der Waals surface area contributed by atoms with E-state index in [0.717, 1.165) is 42.4 Å². The second-order valence-corrected chi connectivity index (χ2v) is 7.67. The van der Waals surface area contributed by atoms with Crippen LogP contribution in [0.3, 0.4) is 0 Å². The van der Waals surface area contributed by atoms with E-state index in [9.17, 15) is 19.6 Å². The van der Waals surface area contributed by atoms with E-state index in [1.807, 2.05) is 30.3 Å². The fraction of sp³-hybridized carbons (Fsp3) is 0.391. The van der Waals surface area contributed by atoms with Crippen LogP contribution in [0.25, 0.3) is 11.1 Å². The number of aliphatic hydroxyl groups is 1. The normalized spacial score (nSPS) is 24.6. The Morgan fingerprint density at radius 1 is 1.18 bits per heavy atom. The van der Waals surface area contributed by atoms with E-state index >= 15 is 0 Å². The lowest BCUT2D eigenvalue weighted by Crippen LogP contribution is -2.66. The Hall–Kier alpha value is -2.71. The second-order valence-electron chi connectivity index (χ2n) is 7.67. The van der Waals surface area contributed by atoms with Crippen molar-refractivity contribution in [2.24, 2.45) is 5.92 Å². The first kappa shape index (κ1) is 18.6. The van der Waals surface area contributed by atoms with E-state index in [4.69, 9.17) is 0 Å². The van der Waals surface area contributed by atoms with Crippen LogP contribution in [0.15, 0.2) is 48.5 Å². The molecular formula is C23H23FN2O2. The highest BCUT2D eigenvalue weighted by Gasteiger charge is 2.53. The van der Waals surface area contributed by atoms with Gasteiger partial charge in [0.25, 0.3) is 0 Å². The van der Waals surface area contributed by atoms with Crippen LogP contribution in [-0.4, -0.2) is 34.6 Å². The molecule has 3 atom stereocenters. The van der Waals surface area contributed by atoms with Gasteiger partial charge in [-0.25, -0.2) is 4.39 Å². The van der Waals surface area contributed by atoms with Crippen LogP contribution in [0.1, 0.15) is 37.2 Å². The number of aliphatic hydroxyl groups excluding tert-OH is 1. The molecule has 0 unspecified atom stereocenters. The zero-order chi connectivity index (χ0) is 19.7. The van der Waals surface area contributed by atoms with Crippen LogP contribution >= 0.6 is 0 Å². The second kappa shape index (κ2) is 7.73. The van der Waals surface area contributed by atoms with Gasteiger partial charge in [0, 0.05) is 11.8 Å². The summed E-state index contributed by atoms with van der Waals surface area (Å²) >= 11 is 0. The monoisotopic (exact) mass is 378 g/mol. The Balaban J connectivity index is 1.70. The summed E-state index contributed by atoms with van der Waals surface area (Å²) in [6.07, 6.45) is 3.79. The molecule has 1 amide bonds. The molecule has 2 aromatic rings. The average Bonchev–Trinajstić information content (AvgIpc) is 3.23. The third-order valence-electron chi connectivity index (χ3n) is 6.15. The Morgan fingerprint density at radius 3 is 2.61 bits per heavy atom. The van der Waals surface area contributed by atoms with E-state index in [2.05, 4.69) is 6.07 Å². The maximum Gasteiger partial charge on any atom is 0.227 e. The lowest BCUT2D eigenvalue weighted by molar-refractivity contribution is -0.151. The van der Waals surface area contributed by atoms with Crippen LogP contribution in [0.5, 0.6) is 0 Å². The minimum absolute atomic E-state index is 0.0115. The van der Waals surface area contributed by atoms with Crippen molar-refractivity contribution in [1.82, 2.24) is 4.90 Å². The molecule has 0 bridgehead atoms. The number of nitrogens with zero attached hydrogens (tertiary/aromatic N) is 2. The maximum atomic E-state index is 13.8. The molecule has 1 saturated heterocycles. The van der Waals surface area contributed by atoms with E-state index in [1.54, 1.807) is 11.0 Å². The zero-order valence-electron chi connectivity index (χ0n) is 15.6. The summed E-state index contributed by atoms with van der Waals surface area (Å²) in [7, 11) is 0. The minimum atomic E-state index is -0.611. The number of amides is 1.